The van der Waals surface area contributed by atoms with Gasteiger partial charge in [0.05, 0.1) is 12.3 Å². The summed E-state index contributed by atoms with van der Waals surface area (Å²) in [5, 5.41) is 6.22. The average Bonchev–Trinajstić information content (AvgIpc) is 2.94. The highest BCUT2D eigenvalue weighted by molar-refractivity contribution is 14.0. The fourth-order valence-corrected chi connectivity index (χ4v) is 4.67. The molecule has 1 aliphatic rings. The molecule has 184 valence electrons. The first kappa shape index (κ1) is 30.2. The minimum atomic E-state index is -3.10. The number of nitrogens with one attached hydrogen (secondary N) is 2. The molecule has 0 aliphatic carbocycles. The van der Waals surface area contributed by atoms with Crippen LogP contribution in [0.5, 0.6) is 0 Å². The maximum absolute atomic E-state index is 12.1. The molecule has 1 fully saturated rings. The minimum Gasteiger partial charge on any atom is -0.444 e. The topological polar surface area (TPSA) is 103 Å². The van der Waals surface area contributed by atoms with E-state index in [1.165, 1.54) is 4.31 Å². The summed E-state index contributed by atoms with van der Waals surface area (Å²) in [6, 6.07) is -0.0279. The van der Waals surface area contributed by atoms with E-state index in [9.17, 15) is 13.2 Å². The average molecular weight is 576 g/mol. The van der Waals surface area contributed by atoms with Crippen LogP contribution >= 0.6 is 24.0 Å². The lowest BCUT2D eigenvalue weighted by molar-refractivity contribution is 0.0485. The SMILES string of the molecule is CCNC(=NCCN1CCCS1(=O)=O)N(C)CCC(NC(=O)OC(C)(C)C)C(C)C.I. The Balaban J connectivity index is 0.00000900. The number of sulfonamides is 1. The molecule has 0 aromatic carbocycles. The monoisotopic (exact) mass is 575 g/mol. The number of halogens is 1. The molecule has 0 aromatic heterocycles. The summed E-state index contributed by atoms with van der Waals surface area (Å²) in [5.74, 6) is 1.22. The van der Waals surface area contributed by atoms with Crippen molar-refractivity contribution in [2.24, 2.45) is 10.9 Å². The van der Waals surface area contributed by atoms with Gasteiger partial charge in [0.15, 0.2) is 5.96 Å². The van der Waals surface area contributed by atoms with Gasteiger partial charge < -0.3 is 20.3 Å². The zero-order valence-corrected chi connectivity index (χ0v) is 23.2. The minimum absolute atomic E-state index is 0. The third-order valence-corrected chi connectivity index (χ3v) is 6.75. The first-order valence-electron chi connectivity index (χ1n) is 10.8. The fraction of sp³-hybridized carbons (Fsp3) is 0.900. The zero-order chi connectivity index (χ0) is 22.9. The van der Waals surface area contributed by atoms with Crippen molar-refractivity contribution in [2.45, 2.75) is 66.0 Å². The van der Waals surface area contributed by atoms with Crippen molar-refractivity contribution in [3.63, 3.8) is 0 Å². The molecule has 1 amide bonds. The molecule has 0 aromatic rings. The number of aliphatic imine (C=N–C) groups is 1. The molecule has 0 bridgehead atoms. The van der Waals surface area contributed by atoms with Crippen LogP contribution in [0.2, 0.25) is 0 Å². The molecule has 11 heteroatoms. The van der Waals surface area contributed by atoms with Crippen molar-refractivity contribution >= 4 is 46.1 Å². The third-order valence-electron chi connectivity index (χ3n) is 4.79. The summed E-state index contributed by atoms with van der Waals surface area (Å²) in [6.45, 7) is 14.5. The van der Waals surface area contributed by atoms with E-state index in [4.69, 9.17) is 4.74 Å². The maximum Gasteiger partial charge on any atom is 0.407 e. The van der Waals surface area contributed by atoms with Crippen molar-refractivity contribution in [1.82, 2.24) is 19.8 Å². The molecule has 31 heavy (non-hydrogen) atoms. The molecular formula is C20H42IN5O4S. The summed E-state index contributed by atoms with van der Waals surface area (Å²) in [7, 11) is -1.15. The van der Waals surface area contributed by atoms with E-state index in [1.807, 2.05) is 39.6 Å². The van der Waals surface area contributed by atoms with Crippen LogP contribution in [0.25, 0.3) is 0 Å². The Morgan fingerprint density at radius 3 is 2.42 bits per heavy atom. The second-order valence-corrected chi connectivity index (χ2v) is 11.1. The fourth-order valence-electron chi connectivity index (χ4n) is 3.15. The van der Waals surface area contributed by atoms with E-state index in [0.29, 0.717) is 32.6 Å². The van der Waals surface area contributed by atoms with Crippen LogP contribution in [0, 0.1) is 5.92 Å². The Kier molecular flexibility index (Phi) is 13.3. The van der Waals surface area contributed by atoms with Crippen molar-refractivity contribution in [2.75, 3.05) is 45.5 Å². The summed E-state index contributed by atoms with van der Waals surface area (Å²) >= 11 is 0. The Morgan fingerprint density at radius 1 is 1.29 bits per heavy atom. The predicted octanol–water partition coefficient (Wildman–Crippen LogP) is 2.48. The number of guanidine groups is 1. The molecule has 0 radical (unpaired) electrons. The van der Waals surface area contributed by atoms with Crippen molar-refractivity contribution < 1.29 is 17.9 Å². The Hall–Kier alpha value is -0.820. The number of ether oxygens (including phenoxy) is 1. The van der Waals surface area contributed by atoms with Gasteiger partial charge in [-0.05, 0) is 46.5 Å². The molecule has 1 unspecified atom stereocenters. The van der Waals surface area contributed by atoms with Gasteiger partial charge in [0.2, 0.25) is 10.0 Å². The van der Waals surface area contributed by atoms with E-state index >= 15 is 0 Å². The molecule has 1 heterocycles. The predicted molar refractivity (Wildman–Crippen MR) is 137 cm³/mol. The number of amides is 1. The highest BCUT2D eigenvalue weighted by Crippen LogP contribution is 2.13. The highest BCUT2D eigenvalue weighted by atomic mass is 127. The molecular weight excluding hydrogens is 533 g/mol. The number of alkyl carbamates (subject to hydrolysis) is 1. The summed E-state index contributed by atoms with van der Waals surface area (Å²) in [5.41, 5.74) is -0.532. The van der Waals surface area contributed by atoms with E-state index in [2.05, 4.69) is 29.5 Å². The summed E-state index contributed by atoms with van der Waals surface area (Å²) in [6.07, 6.45) is 1.02. The quantitative estimate of drug-likeness (QED) is 0.249. The smallest absolute Gasteiger partial charge is 0.407 e. The number of rotatable bonds is 9. The number of carbonyl (C=O) groups excluding carboxylic acids is 1. The maximum atomic E-state index is 12.1. The molecule has 1 aliphatic heterocycles. The van der Waals surface area contributed by atoms with Gasteiger partial charge >= 0.3 is 6.09 Å². The van der Waals surface area contributed by atoms with Crippen LogP contribution < -0.4 is 10.6 Å². The Bertz CT molecular complexity index is 680. The molecule has 2 N–H and O–H groups in total. The van der Waals surface area contributed by atoms with Crippen molar-refractivity contribution in [3.05, 3.63) is 0 Å². The lowest BCUT2D eigenvalue weighted by Crippen LogP contribution is -2.45. The van der Waals surface area contributed by atoms with Crippen LogP contribution in [-0.4, -0.2) is 86.8 Å². The molecule has 0 spiro atoms. The molecule has 1 atom stereocenters. The number of carbonyl (C=O) groups is 1. The van der Waals surface area contributed by atoms with Gasteiger partial charge in [0.25, 0.3) is 0 Å². The molecule has 9 nitrogen and oxygen atoms in total. The normalized spacial score (nSPS) is 17.7. The number of hydrogen-bond acceptors (Lipinski definition) is 5. The Morgan fingerprint density at radius 2 is 1.94 bits per heavy atom. The van der Waals surface area contributed by atoms with Crippen LogP contribution in [-0.2, 0) is 14.8 Å². The first-order valence-corrected chi connectivity index (χ1v) is 12.4. The lowest BCUT2D eigenvalue weighted by atomic mass is 10.0. The van der Waals surface area contributed by atoms with Gasteiger partial charge in [-0.1, -0.05) is 13.8 Å². The zero-order valence-electron chi connectivity index (χ0n) is 20.1. The van der Waals surface area contributed by atoms with E-state index in [-0.39, 0.29) is 41.7 Å². The Labute approximate surface area is 205 Å². The third kappa shape index (κ3) is 11.6. The summed E-state index contributed by atoms with van der Waals surface area (Å²) < 4.78 is 30.7. The van der Waals surface area contributed by atoms with Gasteiger partial charge in [0, 0.05) is 39.3 Å². The number of nitrogens with zero attached hydrogens (tertiary/aromatic N) is 3. The largest absolute Gasteiger partial charge is 0.444 e. The van der Waals surface area contributed by atoms with Crippen LogP contribution in [0.15, 0.2) is 4.99 Å². The molecule has 1 saturated heterocycles. The lowest BCUT2D eigenvalue weighted by Gasteiger charge is -2.28. The van der Waals surface area contributed by atoms with E-state index in [0.717, 1.165) is 18.9 Å². The van der Waals surface area contributed by atoms with Gasteiger partial charge in [0.1, 0.15) is 5.60 Å². The first-order chi connectivity index (χ1) is 13.9. The highest BCUT2D eigenvalue weighted by Gasteiger charge is 2.27. The van der Waals surface area contributed by atoms with Crippen molar-refractivity contribution in [3.8, 4) is 0 Å². The van der Waals surface area contributed by atoms with Gasteiger partial charge in [-0.2, -0.15) is 0 Å². The van der Waals surface area contributed by atoms with Crippen LogP contribution in [0.4, 0.5) is 4.79 Å². The second-order valence-electron chi connectivity index (χ2n) is 9.01. The van der Waals surface area contributed by atoms with E-state index < -0.39 is 21.7 Å². The second kappa shape index (κ2) is 13.7. The van der Waals surface area contributed by atoms with Gasteiger partial charge in [-0.15, -0.1) is 24.0 Å². The summed E-state index contributed by atoms with van der Waals surface area (Å²) in [4.78, 5) is 18.7. The standard InChI is InChI=1S/C20H41N5O4S.HI/c1-8-21-18(22-11-14-25-12-9-15-30(25,27)28)24(7)13-10-17(16(2)3)23-19(26)29-20(4,5)6;/h16-17H,8-15H2,1-7H3,(H,21,22)(H,23,26);1H. The molecule has 1 rings (SSSR count). The molecule has 0 saturated carbocycles. The number of hydrogen-bond donors (Lipinski definition) is 2. The van der Waals surface area contributed by atoms with Gasteiger partial charge in [-0.25, -0.2) is 17.5 Å². The van der Waals surface area contributed by atoms with Crippen molar-refractivity contribution in [1.29, 1.82) is 0 Å². The van der Waals surface area contributed by atoms with Gasteiger partial charge in [-0.3, -0.25) is 4.99 Å². The van der Waals surface area contributed by atoms with Crippen LogP contribution in [0.1, 0.15) is 54.4 Å². The van der Waals surface area contributed by atoms with E-state index in [1.54, 1.807) is 0 Å². The van der Waals surface area contributed by atoms with Crippen LogP contribution in [0.3, 0.4) is 0 Å².